The van der Waals surface area contributed by atoms with Gasteiger partial charge in [0, 0.05) is 40.9 Å². The van der Waals surface area contributed by atoms with Crippen molar-refractivity contribution >= 4 is 43.6 Å². The van der Waals surface area contributed by atoms with Crippen molar-refractivity contribution in [3.8, 4) is 5.69 Å². The Morgan fingerprint density at radius 1 is 1.11 bits per heavy atom. The van der Waals surface area contributed by atoms with Gasteiger partial charge in [0.25, 0.3) is 0 Å². The van der Waals surface area contributed by atoms with E-state index in [1.54, 1.807) is 12.3 Å². The first-order chi connectivity index (χ1) is 13.6. The molecule has 2 aromatic carbocycles. The minimum atomic E-state index is -0.290. The van der Waals surface area contributed by atoms with Crippen LogP contribution in [0, 0.1) is 12.7 Å². The molecule has 0 unspecified atom stereocenters. The van der Waals surface area contributed by atoms with E-state index in [2.05, 4.69) is 42.5 Å². The van der Waals surface area contributed by atoms with Crippen LogP contribution in [0.15, 0.2) is 47.1 Å². The molecule has 3 heterocycles. The molecule has 1 fully saturated rings. The molecule has 1 saturated heterocycles. The second kappa shape index (κ2) is 6.83. The molecule has 0 saturated carbocycles. The number of pyridine rings is 1. The van der Waals surface area contributed by atoms with Gasteiger partial charge in [-0.05, 0) is 53.2 Å². The average molecular weight is 441 g/mol. The SMILES string of the molecule is Cc1nc2c(Br)cc(N3CCOCC3)cc2n1-c1ccnc2cc(F)ccc12. The summed E-state index contributed by atoms with van der Waals surface area (Å²) in [5, 5.41) is 0.888. The van der Waals surface area contributed by atoms with Crippen LogP contribution in [0.5, 0.6) is 0 Å². The summed E-state index contributed by atoms with van der Waals surface area (Å²) in [4.78, 5) is 11.4. The van der Waals surface area contributed by atoms with Crippen LogP contribution in [-0.2, 0) is 4.74 Å². The van der Waals surface area contributed by atoms with Crippen molar-refractivity contribution in [2.24, 2.45) is 0 Å². The third-order valence-electron chi connectivity index (χ3n) is 5.17. The monoisotopic (exact) mass is 440 g/mol. The minimum Gasteiger partial charge on any atom is -0.378 e. The lowest BCUT2D eigenvalue weighted by atomic mass is 10.1. The number of anilines is 1. The Kier molecular flexibility index (Phi) is 4.29. The Morgan fingerprint density at radius 2 is 1.93 bits per heavy atom. The zero-order valence-electron chi connectivity index (χ0n) is 15.3. The van der Waals surface area contributed by atoms with Gasteiger partial charge in [0.1, 0.15) is 17.2 Å². The van der Waals surface area contributed by atoms with Crippen LogP contribution in [0.25, 0.3) is 27.6 Å². The topological polar surface area (TPSA) is 43.2 Å². The molecule has 0 N–H and O–H groups in total. The molecule has 0 spiro atoms. The van der Waals surface area contributed by atoms with E-state index in [1.807, 2.05) is 13.0 Å². The predicted molar refractivity (Wildman–Crippen MR) is 112 cm³/mol. The number of imidazole rings is 1. The number of ether oxygens (including phenoxy) is 1. The van der Waals surface area contributed by atoms with Crippen LogP contribution in [-0.4, -0.2) is 40.8 Å². The highest BCUT2D eigenvalue weighted by Crippen LogP contribution is 2.34. The Morgan fingerprint density at radius 3 is 2.75 bits per heavy atom. The lowest BCUT2D eigenvalue weighted by Gasteiger charge is -2.29. The summed E-state index contributed by atoms with van der Waals surface area (Å²) in [7, 11) is 0. The summed E-state index contributed by atoms with van der Waals surface area (Å²) in [5.74, 6) is 0.577. The molecule has 1 aliphatic rings. The van der Waals surface area contributed by atoms with Crippen LogP contribution in [0.4, 0.5) is 10.1 Å². The van der Waals surface area contributed by atoms with E-state index in [4.69, 9.17) is 9.72 Å². The van der Waals surface area contributed by atoms with E-state index >= 15 is 0 Å². The zero-order chi connectivity index (χ0) is 19.3. The maximum atomic E-state index is 13.7. The Hall–Kier alpha value is -2.51. The number of hydrogen-bond donors (Lipinski definition) is 0. The Labute approximate surface area is 169 Å². The van der Waals surface area contributed by atoms with Gasteiger partial charge in [-0.1, -0.05) is 0 Å². The van der Waals surface area contributed by atoms with Crippen molar-refractivity contribution in [3.63, 3.8) is 0 Å². The molecule has 1 aliphatic heterocycles. The normalized spacial score (nSPS) is 14.9. The Balaban J connectivity index is 1.76. The first-order valence-corrected chi connectivity index (χ1v) is 9.97. The number of aryl methyl sites for hydroxylation is 1. The van der Waals surface area contributed by atoms with Gasteiger partial charge in [-0.2, -0.15) is 0 Å². The van der Waals surface area contributed by atoms with Crippen molar-refractivity contribution in [1.82, 2.24) is 14.5 Å². The predicted octanol–water partition coefficient (Wildman–Crippen LogP) is 4.62. The van der Waals surface area contributed by atoms with Crippen molar-refractivity contribution in [2.75, 3.05) is 31.2 Å². The molecule has 0 radical (unpaired) electrons. The molecule has 4 aromatic rings. The molecule has 5 rings (SSSR count). The van der Waals surface area contributed by atoms with E-state index in [9.17, 15) is 4.39 Å². The fourth-order valence-corrected chi connectivity index (χ4v) is 4.37. The fourth-order valence-electron chi connectivity index (χ4n) is 3.85. The molecular formula is C21H18BrFN4O. The van der Waals surface area contributed by atoms with E-state index in [1.165, 1.54) is 12.1 Å². The fraction of sp³-hybridized carbons (Fsp3) is 0.238. The number of nitrogens with zero attached hydrogens (tertiary/aromatic N) is 4. The molecular weight excluding hydrogens is 423 g/mol. The second-order valence-electron chi connectivity index (χ2n) is 6.88. The van der Waals surface area contributed by atoms with Gasteiger partial charge in [0.15, 0.2) is 0 Å². The van der Waals surface area contributed by atoms with Crippen molar-refractivity contribution in [3.05, 3.63) is 58.7 Å². The van der Waals surface area contributed by atoms with Gasteiger partial charge >= 0.3 is 0 Å². The quantitative estimate of drug-likeness (QED) is 0.456. The van der Waals surface area contributed by atoms with Crippen LogP contribution in [0.2, 0.25) is 0 Å². The number of fused-ring (bicyclic) bond motifs is 2. The average Bonchev–Trinajstić information content (AvgIpc) is 3.04. The number of morpholine rings is 1. The van der Waals surface area contributed by atoms with Crippen molar-refractivity contribution in [2.45, 2.75) is 6.92 Å². The van der Waals surface area contributed by atoms with Crippen LogP contribution in [0.3, 0.4) is 0 Å². The van der Waals surface area contributed by atoms with Gasteiger partial charge in [-0.3, -0.25) is 9.55 Å². The van der Waals surface area contributed by atoms with Gasteiger partial charge < -0.3 is 9.64 Å². The number of benzene rings is 2. The first kappa shape index (κ1) is 17.6. The van der Waals surface area contributed by atoms with E-state index < -0.39 is 0 Å². The van der Waals surface area contributed by atoms with Crippen LogP contribution < -0.4 is 4.90 Å². The largest absolute Gasteiger partial charge is 0.378 e. The van der Waals surface area contributed by atoms with Gasteiger partial charge in [-0.15, -0.1) is 0 Å². The summed E-state index contributed by atoms with van der Waals surface area (Å²) < 4.78 is 22.2. The number of rotatable bonds is 2. The highest BCUT2D eigenvalue weighted by Gasteiger charge is 2.18. The molecule has 2 aromatic heterocycles. The van der Waals surface area contributed by atoms with Crippen LogP contribution >= 0.6 is 15.9 Å². The summed E-state index contributed by atoms with van der Waals surface area (Å²) in [6.45, 7) is 5.17. The molecule has 7 heteroatoms. The number of halogens is 2. The zero-order valence-corrected chi connectivity index (χ0v) is 16.9. The maximum absolute atomic E-state index is 13.7. The molecule has 0 aliphatic carbocycles. The summed E-state index contributed by atoms with van der Waals surface area (Å²) in [6, 6.07) is 10.9. The smallest absolute Gasteiger partial charge is 0.125 e. The lowest BCUT2D eigenvalue weighted by molar-refractivity contribution is 0.122. The summed E-state index contributed by atoms with van der Waals surface area (Å²) in [6.07, 6.45) is 1.71. The van der Waals surface area contributed by atoms with Crippen LogP contribution in [0.1, 0.15) is 5.82 Å². The molecule has 0 atom stereocenters. The Bertz CT molecular complexity index is 1200. The summed E-state index contributed by atoms with van der Waals surface area (Å²) >= 11 is 3.70. The molecule has 0 bridgehead atoms. The van der Waals surface area contributed by atoms with E-state index in [-0.39, 0.29) is 5.82 Å². The maximum Gasteiger partial charge on any atom is 0.125 e. The highest BCUT2D eigenvalue weighted by atomic mass is 79.9. The summed E-state index contributed by atoms with van der Waals surface area (Å²) in [5.41, 5.74) is 4.61. The highest BCUT2D eigenvalue weighted by molar-refractivity contribution is 9.10. The van der Waals surface area contributed by atoms with Gasteiger partial charge in [0.05, 0.1) is 29.9 Å². The standard InChI is InChI=1S/C21H18BrFN4O/c1-13-25-21-17(22)11-15(26-6-8-28-9-7-26)12-20(21)27(13)19-4-5-24-18-10-14(23)2-3-16(18)19/h2-5,10-12H,6-9H2,1H3. The van der Waals surface area contributed by atoms with E-state index in [0.717, 1.165) is 64.4 Å². The van der Waals surface area contributed by atoms with Crippen molar-refractivity contribution < 1.29 is 9.13 Å². The third kappa shape index (κ3) is 2.86. The second-order valence-corrected chi connectivity index (χ2v) is 7.74. The van der Waals surface area contributed by atoms with Crippen molar-refractivity contribution in [1.29, 1.82) is 0 Å². The number of aromatic nitrogens is 3. The first-order valence-electron chi connectivity index (χ1n) is 9.18. The van der Waals surface area contributed by atoms with Gasteiger partial charge in [-0.25, -0.2) is 9.37 Å². The third-order valence-corrected chi connectivity index (χ3v) is 5.77. The molecule has 142 valence electrons. The number of hydrogen-bond acceptors (Lipinski definition) is 4. The lowest BCUT2D eigenvalue weighted by Crippen LogP contribution is -2.36. The minimum absolute atomic E-state index is 0.290. The van der Waals surface area contributed by atoms with Gasteiger partial charge in [0.2, 0.25) is 0 Å². The van der Waals surface area contributed by atoms with E-state index in [0.29, 0.717) is 5.52 Å². The molecule has 0 amide bonds. The molecule has 5 nitrogen and oxygen atoms in total. The molecule has 28 heavy (non-hydrogen) atoms.